The zero-order chi connectivity index (χ0) is 19.7. The van der Waals surface area contributed by atoms with Crippen molar-refractivity contribution in [2.24, 2.45) is 11.8 Å². The average molecular weight is 751 g/mol. The number of allylic oxidation sites excluding steroid dienone is 2. The van der Waals surface area contributed by atoms with Gasteiger partial charge in [-0.05, 0) is 12.8 Å². The number of unbranched alkanes of at least 4 members (excludes halogenated alkanes) is 2. The Bertz CT molecular complexity index is 694. The molecule has 3 aliphatic rings. The van der Waals surface area contributed by atoms with Gasteiger partial charge < -0.3 is 5.11 Å². The van der Waals surface area contributed by atoms with Gasteiger partial charge in [-0.2, -0.15) is 0 Å². The molecule has 0 aromatic heterocycles. The number of carbonyl (C=O) groups excluding carboxylic acids is 2. The number of halogens is 6. The predicted octanol–water partition coefficient (Wildman–Crippen LogP) is 5.01. The van der Waals surface area contributed by atoms with Crippen LogP contribution in [0, 0.1) is 11.8 Å². The number of rotatable bonds is 6. The number of carbonyl (C=O) groups is 3. The Kier molecular flexibility index (Phi) is 6.05. The fourth-order valence-corrected chi connectivity index (χ4v) is 11.3. The quantitative estimate of drug-likeness (QED) is 0.236. The lowest BCUT2D eigenvalue weighted by atomic mass is 9.85. The fraction of sp³-hybridized carbons (Fsp3) is 0.667. The summed E-state index contributed by atoms with van der Waals surface area (Å²) in [7, 11) is 0. The van der Waals surface area contributed by atoms with Crippen LogP contribution in [0.2, 0.25) is 0 Å². The van der Waals surface area contributed by atoms with E-state index in [-0.39, 0.29) is 18.2 Å². The normalized spacial score (nSPS) is 37.7. The van der Waals surface area contributed by atoms with E-state index in [1.165, 1.54) is 4.90 Å². The summed E-state index contributed by atoms with van der Waals surface area (Å²) >= 11 is 22.0. The zero-order valence-corrected chi connectivity index (χ0v) is 22.6. The molecule has 144 valence electrons. The molecular weight excluding hydrogens is 738 g/mol. The molecule has 2 bridgehead atoms. The van der Waals surface area contributed by atoms with E-state index in [4.69, 9.17) is 5.11 Å². The molecule has 26 heavy (non-hydrogen) atoms. The van der Waals surface area contributed by atoms with E-state index in [1.807, 2.05) is 0 Å². The summed E-state index contributed by atoms with van der Waals surface area (Å²) in [5.41, 5.74) is 0. The lowest BCUT2D eigenvalue weighted by molar-refractivity contribution is -0.141. The minimum absolute atomic E-state index is 0.0989. The number of alkyl halides is 4. The zero-order valence-electron chi connectivity index (χ0n) is 13.1. The highest BCUT2D eigenvalue weighted by atomic mass is 79.9. The number of hydrogen-bond donors (Lipinski definition) is 1. The van der Waals surface area contributed by atoms with Crippen molar-refractivity contribution in [1.29, 1.82) is 0 Å². The van der Waals surface area contributed by atoms with Crippen molar-refractivity contribution in [1.82, 2.24) is 4.90 Å². The Morgan fingerprint density at radius 2 is 1.38 bits per heavy atom. The molecule has 1 N–H and O–H groups in total. The van der Waals surface area contributed by atoms with Crippen molar-refractivity contribution < 1.29 is 19.5 Å². The smallest absolute Gasteiger partial charge is 0.303 e. The van der Waals surface area contributed by atoms with Crippen LogP contribution < -0.4 is 0 Å². The van der Waals surface area contributed by atoms with E-state index in [1.54, 1.807) is 0 Å². The van der Waals surface area contributed by atoms with Gasteiger partial charge in [-0.15, -0.1) is 0 Å². The first-order valence-corrected chi connectivity index (χ1v) is 12.6. The summed E-state index contributed by atoms with van der Waals surface area (Å²) in [5, 5.41) is 8.69. The van der Waals surface area contributed by atoms with Crippen molar-refractivity contribution in [2.45, 2.75) is 37.6 Å². The average Bonchev–Trinajstić information content (AvgIpc) is 2.93. The highest BCUT2D eigenvalue weighted by molar-refractivity contribution is 9.27. The van der Waals surface area contributed by atoms with Gasteiger partial charge in [-0.25, -0.2) is 0 Å². The molecule has 1 aliphatic heterocycles. The van der Waals surface area contributed by atoms with Crippen LogP contribution in [0.15, 0.2) is 8.96 Å². The maximum Gasteiger partial charge on any atom is 0.303 e. The molecule has 1 heterocycles. The van der Waals surface area contributed by atoms with Crippen molar-refractivity contribution in [3.05, 3.63) is 8.96 Å². The van der Waals surface area contributed by atoms with Gasteiger partial charge in [0, 0.05) is 21.9 Å². The summed E-state index contributed by atoms with van der Waals surface area (Å²) in [5.74, 6) is -2.39. The van der Waals surface area contributed by atoms with Crippen molar-refractivity contribution in [2.75, 3.05) is 6.54 Å². The molecule has 0 radical (unpaired) electrons. The summed E-state index contributed by atoms with van der Waals surface area (Å²) < 4.78 is -0.857. The standard InChI is InChI=1S/C15H13Br6NO4/c16-9-10(17)14(19)8-7(13(9,18)15(14,20)21)11(25)22(12(8)26)5-3-1-2-4-6(23)24/h7-8H,1-5H2,(H,23,24)/t7-,8+,13+,14-. The molecule has 11 heteroatoms. The number of nitrogens with zero attached hydrogens (tertiary/aromatic N) is 1. The SMILES string of the molecule is O=C(O)CCCCCN1C(=O)[C@@H]2[C@H](C1=O)[C@]1(Br)C(Br)=C(Br)[C@@]2(Br)C1(Br)Br. The van der Waals surface area contributed by atoms with Gasteiger partial charge in [0.15, 0.2) is 0 Å². The maximum absolute atomic E-state index is 13.1. The van der Waals surface area contributed by atoms with E-state index in [0.29, 0.717) is 25.8 Å². The third kappa shape index (κ3) is 2.62. The number of likely N-dealkylation sites (tertiary alicyclic amines) is 1. The first-order valence-electron chi connectivity index (χ1n) is 7.82. The van der Waals surface area contributed by atoms with Gasteiger partial charge in [0.1, 0.15) is 3.23 Å². The molecule has 2 amide bonds. The van der Waals surface area contributed by atoms with Gasteiger partial charge in [0.2, 0.25) is 11.8 Å². The van der Waals surface area contributed by atoms with Crippen LogP contribution in [-0.2, 0) is 14.4 Å². The molecule has 4 atom stereocenters. The number of aliphatic carboxylic acids is 1. The molecule has 0 spiro atoms. The van der Waals surface area contributed by atoms with Crippen LogP contribution >= 0.6 is 95.6 Å². The molecule has 2 fully saturated rings. The Labute approximate surface area is 200 Å². The first-order chi connectivity index (χ1) is 11.9. The highest BCUT2D eigenvalue weighted by Crippen LogP contribution is 2.80. The molecule has 5 nitrogen and oxygen atoms in total. The second-order valence-corrected chi connectivity index (χ2v) is 14.1. The lowest BCUT2D eigenvalue weighted by Crippen LogP contribution is -2.48. The molecule has 0 unspecified atom stereocenters. The van der Waals surface area contributed by atoms with Crippen molar-refractivity contribution in [3.8, 4) is 0 Å². The Hall–Kier alpha value is 1.23. The summed E-state index contributed by atoms with van der Waals surface area (Å²) in [4.78, 5) is 38.1. The van der Waals surface area contributed by atoms with Crippen LogP contribution in [0.5, 0.6) is 0 Å². The molecular formula is C15H13Br6NO4. The van der Waals surface area contributed by atoms with Crippen molar-refractivity contribution in [3.63, 3.8) is 0 Å². The van der Waals surface area contributed by atoms with Gasteiger partial charge in [-0.1, -0.05) is 102 Å². The van der Waals surface area contributed by atoms with Gasteiger partial charge in [0.25, 0.3) is 0 Å². The van der Waals surface area contributed by atoms with E-state index < -0.39 is 29.7 Å². The minimum atomic E-state index is -0.835. The van der Waals surface area contributed by atoms with E-state index in [9.17, 15) is 14.4 Å². The molecule has 2 aliphatic carbocycles. The van der Waals surface area contributed by atoms with Crippen LogP contribution in [0.4, 0.5) is 0 Å². The van der Waals surface area contributed by atoms with Gasteiger partial charge >= 0.3 is 5.97 Å². The lowest BCUT2D eigenvalue weighted by Gasteiger charge is -2.36. The van der Waals surface area contributed by atoms with E-state index in [0.717, 1.165) is 8.96 Å². The number of amides is 2. The largest absolute Gasteiger partial charge is 0.481 e. The van der Waals surface area contributed by atoms with Crippen molar-refractivity contribution >= 4 is 113 Å². The minimum Gasteiger partial charge on any atom is -0.481 e. The Morgan fingerprint density at radius 3 is 1.81 bits per heavy atom. The topological polar surface area (TPSA) is 74.7 Å². The Balaban J connectivity index is 1.83. The monoisotopic (exact) mass is 745 g/mol. The number of carboxylic acid groups (broad SMARTS) is 1. The predicted molar refractivity (Wildman–Crippen MR) is 119 cm³/mol. The van der Waals surface area contributed by atoms with E-state index in [2.05, 4.69) is 95.6 Å². The number of carboxylic acids is 1. The molecule has 0 aromatic rings. The molecule has 0 aromatic carbocycles. The fourth-order valence-electron chi connectivity index (χ4n) is 4.00. The third-order valence-corrected chi connectivity index (χ3v) is 16.5. The number of hydrogen-bond acceptors (Lipinski definition) is 3. The second-order valence-electron chi connectivity index (χ2n) is 6.61. The molecule has 1 saturated heterocycles. The second kappa shape index (κ2) is 7.18. The van der Waals surface area contributed by atoms with Gasteiger partial charge in [0.05, 0.1) is 20.5 Å². The van der Waals surface area contributed by atoms with Crippen LogP contribution in [0.3, 0.4) is 0 Å². The van der Waals surface area contributed by atoms with Gasteiger partial charge in [-0.3, -0.25) is 19.3 Å². The summed E-state index contributed by atoms with van der Waals surface area (Å²) in [6.45, 7) is 0.309. The van der Waals surface area contributed by atoms with Crippen LogP contribution in [0.25, 0.3) is 0 Å². The maximum atomic E-state index is 13.1. The molecule has 1 saturated carbocycles. The number of imide groups is 1. The molecule has 3 rings (SSSR count). The number of fused-ring (bicyclic) bond motifs is 5. The van der Waals surface area contributed by atoms with E-state index >= 15 is 0 Å². The summed E-state index contributed by atoms with van der Waals surface area (Å²) in [6, 6.07) is 0. The highest BCUT2D eigenvalue weighted by Gasteiger charge is 2.85. The Morgan fingerprint density at radius 1 is 0.923 bits per heavy atom. The van der Waals surface area contributed by atoms with Crippen LogP contribution in [-0.4, -0.2) is 46.2 Å². The van der Waals surface area contributed by atoms with Crippen LogP contribution in [0.1, 0.15) is 25.7 Å². The first kappa shape index (κ1) is 21.9. The third-order valence-electron chi connectivity index (χ3n) is 5.27. The summed E-state index contributed by atoms with van der Waals surface area (Å²) in [6.07, 6.45) is 1.89.